The van der Waals surface area contributed by atoms with Gasteiger partial charge in [-0.1, -0.05) is 58.2 Å². The second-order valence-electron chi connectivity index (χ2n) is 5.48. The fourth-order valence-electron chi connectivity index (χ4n) is 2.75. The molecule has 0 heterocycles. The maximum Gasteiger partial charge on any atom is 0.124 e. The van der Waals surface area contributed by atoms with E-state index in [4.69, 9.17) is 0 Å². The summed E-state index contributed by atoms with van der Waals surface area (Å²) in [6.45, 7) is 7.20. The molecular formula is C18H21BrFN. The van der Waals surface area contributed by atoms with Gasteiger partial charge in [0.25, 0.3) is 0 Å². The fourth-order valence-corrected chi connectivity index (χ4v) is 3.37. The van der Waals surface area contributed by atoms with E-state index < -0.39 is 0 Å². The Morgan fingerprint density at radius 2 is 1.76 bits per heavy atom. The van der Waals surface area contributed by atoms with Crippen LogP contribution in [0.15, 0.2) is 40.9 Å². The van der Waals surface area contributed by atoms with Gasteiger partial charge in [-0.2, -0.15) is 0 Å². The largest absolute Gasteiger partial charge is 0.310 e. The quantitative estimate of drug-likeness (QED) is 0.791. The third kappa shape index (κ3) is 4.39. The van der Waals surface area contributed by atoms with Crippen molar-refractivity contribution in [3.8, 4) is 0 Å². The zero-order valence-electron chi connectivity index (χ0n) is 12.7. The Balaban J connectivity index is 2.30. The molecule has 2 aromatic rings. The van der Waals surface area contributed by atoms with Crippen LogP contribution in [0.2, 0.25) is 0 Å². The van der Waals surface area contributed by atoms with E-state index in [9.17, 15) is 4.39 Å². The molecule has 112 valence electrons. The first-order chi connectivity index (χ1) is 9.99. The van der Waals surface area contributed by atoms with Gasteiger partial charge in [0.2, 0.25) is 0 Å². The molecule has 0 aliphatic carbocycles. The van der Waals surface area contributed by atoms with Gasteiger partial charge in [0.15, 0.2) is 0 Å². The van der Waals surface area contributed by atoms with Crippen molar-refractivity contribution < 1.29 is 4.39 Å². The molecule has 0 amide bonds. The van der Waals surface area contributed by atoms with Crippen molar-refractivity contribution in [1.82, 2.24) is 5.32 Å². The summed E-state index contributed by atoms with van der Waals surface area (Å²) in [7, 11) is 0. The highest BCUT2D eigenvalue weighted by Crippen LogP contribution is 2.27. The van der Waals surface area contributed by atoms with Crippen molar-refractivity contribution in [3.63, 3.8) is 0 Å². The van der Waals surface area contributed by atoms with Crippen molar-refractivity contribution in [3.05, 3.63) is 68.9 Å². The highest BCUT2D eigenvalue weighted by Gasteiger charge is 2.15. The maximum absolute atomic E-state index is 13.3. The van der Waals surface area contributed by atoms with Crippen LogP contribution in [-0.2, 0) is 6.42 Å². The Kier molecular flexibility index (Phi) is 5.54. The molecule has 1 N–H and O–H groups in total. The Hall–Kier alpha value is -1.19. The van der Waals surface area contributed by atoms with Gasteiger partial charge in [-0.3, -0.25) is 0 Å². The summed E-state index contributed by atoms with van der Waals surface area (Å²) in [5, 5.41) is 3.49. The monoisotopic (exact) mass is 349 g/mol. The van der Waals surface area contributed by atoms with E-state index in [0.717, 1.165) is 23.0 Å². The lowest BCUT2D eigenvalue weighted by molar-refractivity contribution is 0.545. The van der Waals surface area contributed by atoms with Gasteiger partial charge in [0.1, 0.15) is 5.82 Å². The minimum Gasteiger partial charge on any atom is -0.310 e. The molecule has 1 unspecified atom stereocenters. The van der Waals surface area contributed by atoms with E-state index in [1.165, 1.54) is 28.8 Å². The van der Waals surface area contributed by atoms with Gasteiger partial charge in [-0.15, -0.1) is 0 Å². The van der Waals surface area contributed by atoms with Crippen LogP contribution in [0.3, 0.4) is 0 Å². The number of hydrogen-bond acceptors (Lipinski definition) is 1. The van der Waals surface area contributed by atoms with Gasteiger partial charge >= 0.3 is 0 Å². The van der Waals surface area contributed by atoms with Crippen LogP contribution in [0.1, 0.15) is 35.2 Å². The van der Waals surface area contributed by atoms with E-state index in [0.29, 0.717) is 0 Å². The van der Waals surface area contributed by atoms with Crippen molar-refractivity contribution >= 4 is 15.9 Å². The Bertz CT molecular complexity index is 604. The topological polar surface area (TPSA) is 12.0 Å². The van der Waals surface area contributed by atoms with Gasteiger partial charge in [-0.25, -0.2) is 4.39 Å². The Morgan fingerprint density at radius 3 is 2.33 bits per heavy atom. The lowest BCUT2D eigenvalue weighted by Crippen LogP contribution is -2.23. The highest BCUT2D eigenvalue weighted by molar-refractivity contribution is 9.10. The predicted octanol–water partition coefficient (Wildman–Crippen LogP) is 5.10. The second kappa shape index (κ2) is 7.19. The molecule has 21 heavy (non-hydrogen) atoms. The third-order valence-electron chi connectivity index (χ3n) is 3.51. The SMILES string of the molecule is CCNC(Cc1cc(C)cc(C)c1)c1ccc(F)cc1Br. The zero-order valence-corrected chi connectivity index (χ0v) is 14.3. The van der Waals surface area contributed by atoms with Crippen LogP contribution >= 0.6 is 15.9 Å². The Morgan fingerprint density at radius 1 is 1.10 bits per heavy atom. The number of aryl methyl sites for hydroxylation is 2. The summed E-state index contributed by atoms with van der Waals surface area (Å²) in [6, 6.07) is 11.7. The van der Waals surface area contributed by atoms with Gasteiger partial charge in [-0.05, 0) is 50.1 Å². The summed E-state index contributed by atoms with van der Waals surface area (Å²) in [5.74, 6) is -0.215. The lowest BCUT2D eigenvalue weighted by atomic mass is 9.96. The van der Waals surface area contributed by atoms with Crippen LogP contribution < -0.4 is 5.32 Å². The summed E-state index contributed by atoms with van der Waals surface area (Å²) in [5.41, 5.74) is 4.95. The molecule has 0 saturated carbocycles. The number of halogens is 2. The van der Waals surface area contributed by atoms with E-state index in [-0.39, 0.29) is 11.9 Å². The lowest BCUT2D eigenvalue weighted by Gasteiger charge is -2.20. The number of nitrogens with one attached hydrogen (secondary N) is 1. The highest BCUT2D eigenvalue weighted by atomic mass is 79.9. The molecule has 0 aliphatic heterocycles. The van der Waals surface area contributed by atoms with Crippen molar-refractivity contribution in [2.75, 3.05) is 6.54 Å². The van der Waals surface area contributed by atoms with Gasteiger partial charge in [0.05, 0.1) is 0 Å². The fraction of sp³-hybridized carbons (Fsp3) is 0.333. The molecule has 1 nitrogen and oxygen atoms in total. The first kappa shape index (κ1) is 16.2. The Labute approximate surface area is 134 Å². The number of benzene rings is 2. The predicted molar refractivity (Wildman–Crippen MR) is 90.1 cm³/mol. The van der Waals surface area contributed by atoms with Crippen LogP contribution in [0.25, 0.3) is 0 Å². The molecule has 0 fully saturated rings. The smallest absolute Gasteiger partial charge is 0.124 e. The molecule has 0 radical (unpaired) electrons. The molecule has 0 aromatic heterocycles. The van der Waals surface area contributed by atoms with Gasteiger partial charge in [0, 0.05) is 10.5 Å². The average molecular weight is 350 g/mol. The van der Waals surface area contributed by atoms with Crippen molar-refractivity contribution in [1.29, 1.82) is 0 Å². The molecule has 3 heteroatoms. The molecule has 1 atom stereocenters. The molecule has 0 bridgehead atoms. The summed E-state index contributed by atoms with van der Waals surface area (Å²) >= 11 is 3.48. The number of hydrogen-bond donors (Lipinski definition) is 1. The van der Waals surface area contributed by atoms with E-state index in [2.05, 4.69) is 60.2 Å². The van der Waals surface area contributed by atoms with Crippen LogP contribution in [0.5, 0.6) is 0 Å². The second-order valence-corrected chi connectivity index (χ2v) is 6.33. The standard InChI is InChI=1S/C18H21BrFN/c1-4-21-18(16-6-5-15(20)11-17(16)19)10-14-8-12(2)7-13(3)9-14/h5-9,11,18,21H,4,10H2,1-3H3. The zero-order chi connectivity index (χ0) is 15.4. The summed E-state index contributed by atoms with van der Waals surface area (Å²) in [4.78, 5) is 0. The van der Waals surface area contributed by atoms with E-state index >= 15 is 0 Å². The van der Waals surface area contributed by atoms with Crippen LogP contribution in [0, 0.1) is 19.7 Å². The average Bonchev–Trinajstić information content (AvgIpc) is 2.37. The van der Waals surface area contributed by atoms with Crippen LogP contribution in [-0.4, -0.2) is 6.54 Å². The molecule has 2 aromatic carbocycles. The molecule has 0 aliphatic rings. The van der Waals surface area contributed by atoms with Crippen molar-refractivity contribution in [2.24, 2.45) is 0 Å². The number of rotatable bonds is 5. The number of likely N-dealkylation sites (N-methyl/N-ethyl adjacent to an activating group) is 1. The van der Waals surface area contributed by atoms with Gasteiger partial charge < -0.3 is 5.32 Å². The summed E-state index contributed by atoms with van der Waals surface area (Å²) in [6.07, 6.45) is 0.889. The van der Waals surface area contributed by atoms with E-state index in [1.807, 2.05) is 6.07 Å². The third-order valence-corrected chi connectivity index (χ3v) is 4.20. The molecular weight excluding hydrogens is 329 g/mol. The summed E-state index contributed by atoms with van der Waals surface area (Å²) < 4.78 is 14.1. The van der Waals surface area contributed by atoms with E-state index in [1.54, 1.807) is 0 Å². The molecule has 0 spiro atoms. The first-order valence-electron chi connectivity index (χ1n) is 7.25. The maximum atomic E-state index is 13.3. The first-order valence-corrected chi connectivity index (χ1v) is 8.04. The molecule has 2 rings (SSSR count). The normalized spacial score (nSPS) is 12.4. The minimum absolute atomic E-state index is 0.172. The van der Waals surface area contributed by atoms with Crippen LogP contribution in [0.4, 0.5) is 4.39 Å². The minimum atomic E-state index is -0.215. The van der Waals surface area contributed by atoms with Crippen molar-refractivity contribution in [2.45, 2.75) is 33.2 Å². The molecule has 0 saturated heterocycles.